The normalized spacial score (nSPS) is 11.0. The number of rotatable bonds is 3. The zero-order valence-corrected chi connectivity index (χ0v) is 13.8. The van der Waals surface area contributed by atoms with Crippen LogP contribution in [0.15, 0.2) is 42.5 Å². The van der Waals surface area contributed by atoms with Crippen LogP contribution in [-0.2, 0) is 6.42 Å². The van der Waals surface area contributed by atoms with Gasteiger partial charge in [0, 0.05) is 0 Å². The summed E-state index contributed by atoms with van der Waals surface area (Å²) in [6, 6.07) is 16.3. The highest BCUT2D eigenvalue weighted by Gasteiger charge is 2.20. The van der Waals surface area contributed by atoms with Crippen molar-refractivity contribution >= 4 is 22.2 Å². The number of hydrogen-bond donors (Lipinski definition) is 1. The Balaban J connectivity index is 2.11. The lowest BCUT2D eigenvalue weighted by Gasteiger charge is -2.07. The van der Waals surface area contributed by atoms with Crippen LogP contribution < -0.4 is 5.73 Å². The molecule has 4 aromatic rings. The van der Waals surface area contributed by atoms with Crippen LogP contribution in [0, 0.1) is 11.3 Å². The maximum absolute atomic E-state index is 9.14. The number of hydrogen-bond acceptors (Lipinski definition) is 5. The van der Waals surface area contributed by atoms with E-state index in [1.807, 2.05) is 24.3 Å². The van der Waals surface area contributed by atoms with Crippen molar-refractivity contribution in [1.82, 2.24) is 19.8 Å². The summed E-state index contributed by atoms with van der Waals surface area (Å²) < 4.78 is 1.54. The highest BCUT2D eigenvalue weighted by Crippen LogP contribution is 2.34. The highest BCUT2D eigenvalue weighted by molar-refractivity contribution is 6.00. The molecule has 0 aliphatic rings. The molecule has 2 heterocycles. The van der Waals surface area contributed by atoms with E-state index in [0.717, 1.165) is 40.4 Å². The van der Waals surface area contributed by atoms with Crippen molar-refractivity contribution in [2.75, 3.05) is 5.73 Å². The van der Waals surface area contributed by atoms with Gasteiger partial charge in [-0.25, -0.2) is 0 Å². The fraction of sp³-hybridized carbons (Fsp3) is 0.158. The minimum absolute atomic E-state index is 0.0857. The molecule has 0 aliphatic heterocycles. The van der Waals surface area contributed by atoms with E-state index in [2.05, 4.69) is 46.5 Å². The molecular formula is C19H16N6. The van der Waals surface area contributed by atoms with Gasteiger partial charge in [-0.2, -0.15) is 14.9 Å². The summed E-state index contributed by atoms with van der Waals surface area (Å²) in [7, 11) is 0. The molecule has 2 aromatic heterocycles. The monoisotopic (exact) mass is 328 g/mol. The van der Waals surface area contributed by atoms with E-state index in [4.69, 9.17) is 11.0 Å². The van der Waals surface area contributed by atoms with Crippen LogP contribution in [0.3, 0.4) is 0 Å². The van der Waals surface area contributed by atoms with Crippen molar-refractivity contribution in [3.63, 3.8) is 0 Å². The summed E-state index contributed by atoms with van der Waals surface area (Å²) in [5.74, 6) is 0.219. The molecule has 0 spiro atoms. The molecule has 4 rings (SSSR count). The Kier molecular flexibility index (Phi) is 3.55. The van der Waals surface area contributed by atoms with Gasteiger partial charge in [0.05, 0.1) is 11.3 Å². The number of aromatic nitrogens is 4. The first-order chi connectivity index (χ1) is 12.2. The summed E-state index contributed by atoms with van der Waals surface area (Å²) in [5.41, 5.74) is 9.64. The van der Waals surface area contributed by atoms with Crippen LogP contribution >= 0.6 is 0 Å². The van der Waals surface area contributed by atoms with Gasteiger partial charge in [-0.15, -0.1) is 10.2 Å². The quantitative estimate of drug-likeness (QED) is 0.622. The first kappa shape index (κ1) is 15.1. The van der Waals surface area contributed by atoms with Crippen LogP contribution in [0.25, 0.3) is 27.5 Å². The van der Waals surface area contributed by atoms with Crippen molar-refractivity contribution in [3.05, 3.63) is 53.9 Å². The summed E-state index contributed by atoms with van der Waals surface area (Å²) in [6.07, 6.45) is 1.74. The van der Waals surface area contributed by atoms with Crippen molar-refractivity contribution < 1.29 is 0 Å². The van der Waals surface area contributed by atoms with E-state index < -0.39 is 0 Å². The fourth-order valence-electron chi connectivity index (χ4n) is 3.17. The van der Waals surface area contributed by atoms with E-state index in [9.17, 15) is 0 Å². The van der Waals surface area contributed by atoms with Gasteiger partial charge in [0.2, 0.25) is 5.69 Å². The molecule has 0 saturated carbocycles. The molecule has 6 nitrogen and oxygen atoms in total. The molecule has 0 radical (unpaired) electrons. The first-order valence-corrected chi connectivity index (χ1v) is 8.16. The number of aryl methyl sites for hydroxylation is 1. The maximum Gasteiger partial charge on any atom is 0.205 e. The Hall–Kier alpha value is -3.46. The van der Waals surface area contributed by atoms with E-state index in [-0.39, 0.29) is 11.5 Å². The van der Waals surface area contributed by atoms with Crippen molar-refractivity contribution in [1.29, 1.82) is 5.26 Å². The minimum Gasteiger partial charge on any atom is -0.381 e. The van der Waals surface area contributed by atoms with Crippen LogP contribution in [0.1, 0.15) is 24.7 Å². The van der Waals surface area contributed by atoms with E-state index in [1.165, 1.54) is 4.52 Å². The molecular weight excluding hydrogens is 312 g/mol. The second-order valence-electron chi connectivity index (χ2n) is 5.88. The second kappa shape index (κ2) is 5.87. The standard InChI is InChI=1S/C19H16N6/c1-2-6-15-17(14-10-5-8-12-7-3-4-9-13(12)14)19-23-22-16(11-20)18(21)25(19)24-15/h3-5,7-10H,2,6,21H2,1H3. The number of benzene rings is 2. The van der Waals surface area contributed by atoms with Gasteiger partial charge in [0.15, 0.2) is 11.5 Å². The molecule has 25 heavy (non-hydrogen) atoms. The van der Waals surface area contributed by atoms with Crippen molar-refractivity contribution in [2.24, 2.45) is 0 Å². The van der Waals surface area contributed by atoms with Gasteiger partial charge >= 0.3 is 0 Å². The summed E-state index contributed by atoms with van der Waals surface area (Å²) in [6.45, 7) is 2.10. The molecule has 122 valence electrons. The van der Waals surface area contributed by atoms with Gasteiger partial charge in [-0.1, -0.05) is 55.8 Å². The average Bonchev–Trinajstić information content (AvgIpc) is 3.01. The molecule has 0 saturated heterocycles. The number of anilines is 1. The average molecular weight is 328 g/mol. The largest absolute Gasteiger partial charge is 0.381 e. The smallest absolute Gasteiger partial charge is 0.205 e. The van der Waals surface area contributed by atoms with E-state index >= 15 is 0 Å². The molecule has 0 bridgehead atoms. The molecule has 0 atom stereocenters. The van der Waals surface area contributed by atoms with Gasteiger partial charge < -0.3 is 5.73 Å². The topological polar surface area (TPSA) is 92.9 Å². The van der Waals surface area contributed by atoms with Gasteiger partial charge in [0.1, 0.15) is 6.07 Å². The SMILES string of the molecule is CCCc1nn2c(N)c(C#N)nnc2c1-c1cccc2ccccc12. The van der Waals surface area contributed by atoms with Crippen LogP contribution in [0.5, 0.6) is 0 Å². The Morgan fingerprint density at radius 2 is 1.92 bits per heavy atom. The summed E-state index contributed by atoms with van der Waals surface area (Å²) >= 11 is 0. The molecule has 6 heteroatoms. The summed E-state index contributed by atoms with van der Waals surface area (Å²) in [5, 5.41) is 24.3. The number of nitrogens with two attached hydrogens (primary N) is 1. The summed E-state index contributed by atoms with van der Waals surface area (Å²) in [4.78, 5) is 0. The van der Waals surface area contributed by atoms with Crippen molar-refractivity contribution in [3.8, 4) is 17.2 Å². The van der Waals surface area contributed by atoms with Crippen LogP contribution in [0.4, 0.5) is 5.82 Å². The molecule has 2 aromatic carbocycles. The van der Waals surface area contributed by atoms with Crippen molar-refractivity contribution in [2.45, 2.75) is 19.8 Å². The third kappa shape index (κ3) is 2.29. The Morgan fingerprint density at radius 1 is 1.12 bits per heavy atom. The van der Waals surface area contributed by atoms with E-state index in [1.54, 1.807) is 0 Å². The lowest BCUT2D eigenvalue weighted by Crippen LogP contribution is -2.06. The molecule has 0 unspecified atom stereocenters. The third-order valence-electron chi connectivity index (χ3n) is 4.30. The number of nitrogens with zero attached hydrogens (tertiary/aromatic N) is 5. The zero-order valence-electron chi connectivity index (χ0n) is 13.8. The number of fused-ring (bicyclic) bond motifs is 2. The van der Waals surface area contributed by atoms with E-state index in [0.29, 0.717) is 5.65 Å². The zero-order chi connectivity index (χ0) is 17.4. The van der Waals surface area contributed by atoms with Crippen LogP contribution in [-0.4, -0.2) is 19.8 Å². The predicted octanol–water partition coefficient (Wildman–Crippen LogP) is 3.35. The Bertz CT molecular complexity index is 1130. The minimum atomic E-state index is 0.0857. The maximum atomic E-state index is 9.14. The lowest BCUT2D eigenvalue weighted by atomic mass is 9.97. The number of nitriles is 1. The molecule has 0 aliphatic carbocycles. The third-order valence-corrected chi connectivity index (χ3v) is 4.30. The number of nitrogen functional groups attached to an aromatic ring is 1. The molecule has 2 N–H and O–H groups in total. The molecule has 0 fully saturated rings. The van der Waals surface area contributed by atoms with Gasteiger partial charge in [-0.3, -0.25) is 0 Å². The molecule has 0 amide bonds. The first-order valence-electron chi connectivity index (χ1n) is 8.16. The second-order valence-corrected chi connectivity index (χ2v) is 5.88. The Morgan fingerprint density at radius 3 is 2.72 bits per heavy atom. The van der Waals surface area contributed by atoms with Gasteiger partial charge in [0.25, 0.3) is 0 Å². The van der Waals surface area contributed by atoms with Gasteiger partial charge in [-0.05, 0) is 22.8 Å². The predicted molar refractivity (Wildman–Crippen MR) is 96.8 cm³/mol. The lowest BCUT2D eigenvalue weighted by molar-refractivity contribution is 0.826. The fourth-order valence-corrected chi connectivity index (χ4v) is 3.17. The highest BCUT2D eigenvalue weighted by atomic mass is 15.3. The Labute approximate surface area is 144 Å². The van der Waals surface area contributed by atoms with Crippen LogP contribution in [0.2, 0.25) is 0 Å².